The number of carbonyl (C=O) groups excluding carboxylic acids is 1. The Hall–Kier alpha value is -1.56. The van der Waals surface area contributed by atoms with Gasteiger partial charge in [0.1, 0.15) is 5.75 Å². The van der Waals surface area contributed by atoms with Crippen molar-refractivity contribution in [2.75, 3.05) is 12.8 Å². The van der Waals surface area contributed by atoms with Gasteiger partial charge in [-0.25, -0.2) is 8.42 Å². The zero-order valence-electron chi connectivity index (χ0n) is 11.5. The van der Waals surface area contributed by atoms with E-state index in [9.17, 15) is 18.3 Å². The predicted octanol–water partition coefficient (Wildman–Crippen LogP) is 1.25. The first-order valence-corrected chi connectivity index (χ1v) is 7.71. The van der Waals surface area contributed by atoms with Crippen molar-refractivity contribution in [3.63, 3.8) is 0 Å². The van der Waals surface area contributed by atoms with Crippen LogP contribution < -0.4 is 5.32 Å². The zero-order chi connectivity index (χ0) is 14.8. The molecule has 0 heterocycles. The smallest absolute Gasteiger partial charge is 0.251 e. The van der Waals surface area contributed by atoms with E-state index < -0.39 is 14.6 Å². The van der Waals surface area contributed by atoms with E-state index >= 15 is 0 Å². The maximum absolute atomic E-state index is 11.9. The van der Waals surface area contributed by atoms with Crippen LogP contribution in [0.15, 0.2) is 18.2 Å². The van der Waals surface area contributed by atoms with Gasteiger partial charge < -0.3 is 10.4 Å². The summed E-state index contributed by atoms with van der Waals surface area (Å²) in [6.07, 6.45) is 1.14. The molecule has 1 aromatic rings. The summed E-state index contributed by atoms with van der Waals surface area (Å²) in [5.41, 5.74) is 0.981. The van der Waals surface area contributed by atoms with Gasteiger partial charge in [-0.2, -0.15) is 0 Å². The highest BCUT2D eigenvalue weighted by molar-refractivity contribution is 7.92. The van der Waals surface area contributed by atoms with Crippen LogP contribution in [-0.4, -0.2) is 37.0 Å². The highest BCUT2D eigenvalue weighted by Crippen LogP contribution is 2.17. The van der Waals surface area contributed by atoms with Gasteiger partial charge in [0.15, 0.2) is 9.84 Å². The first-order chi connectivity index (χ1) is 8.54. The average Bonchev–Trinajstić information content (AvgIpc) is 2.28. The fourth-order valence-electron chi connectivity index (χ4n) is 1.32. The van der Waals surface area contributed by atoms with Crippen LogP contribution in [0, 0.1) is 6.92 Å². The molecule has 0 aromatic heterocycles. The highest BCUT2D eigenvalue weighted by atomic mass is 32.2. The van der Waals surface area contributed by atoms with E-state index in [1.54, 1.807) is 26.8 Å². The van der Waals surface area contributed by atoms with E-state index in [0.29, 0.717) is 11.1 Å². The molecule has 0 atom stereocenters. The van der Waals surface area contributed by atoms with Crippen LogP contribution >= 0.6 is 0 Å². The Morgan fingerprint density at radius 1 is 1.37 bits per heavy atom. The molecule has 0 unspecified atom stereocenters. The number of benzene rings is 1. The predicted molar refractivity (Wildman–Crippen MR) is 74.1 cm³/mol. The van der Waals surface area contributed by atoms with Gasteiger partial charge in [-0.15, -0.1) is 0 Å². The Labute approximate surface area is 113 Å². The Balaban J connectivity index is 2.79. The number of phenolic OH excluding ortho intramolecular Hbond substituents is 1. The van der Waals surface area contributed by atoms with Crippen LogP contribution in [0.5, 0.6) is 5.75 Å². The van der Waals surface area contributed by atoms with Gasteiger partial charge in [0.05, 0.1) is 4.75 Å². The van der Waals surface area contributed by atoms with E-state index in [-0.39, 0.29) is 18.2 Å². The maximum atomic E-state index is 11.9. The Morgan fingerprint density at radius 3 is 2.42 bits per heavy atom. The molecule has 2 N–H and O–H groups in total. The Kier molecular flexibility index (Phi) is 4.25. The van der Waals surface area contributed by atoms with Crippen molar-refractivity contribution in [1.29, 1.82) is 0 Å². The van der Waals surface area contributed by atoms with Crippen molar-refractivity contribution in [3.8, 4) is 5.75 Å². The van der Waals surface area contributed by atoms with Gasteiger partial charge in [0.2, 0.25) is 0 Å². The summed E-state index contributed by atoms with van der Waals surface area (Å²) < 4.78 is 22.0. The van der Waals surface area contributed by atoms with Crippen LogP contribution in [0.3, 0.4) is 0 Å². The van der Waals surface area contributed by atoms with Crippen LogP contribution in [-0.2, 0) is 9.84 Å². The van der Waals surface area contributed by atoms with Gasteiger partial charge in [-0.3, -0.25) is 4.79 Å². The second-order valence-electron chi connectivity index (χ2n) is 5.22. The molecule has 0 aliphatic carbocycles. The summed E-state index contributed by atoms with van der Waals surface area (Å²) in [7, 11) is -3.25. The third-order valence-electron chi connectivity index (χ3n) is 3.14. The third-order valence-corrected chi connectivity index (χ3v) is 5.29. The lowest BCUT2D eigenvalue weighted by atomic mass is 10.1. The van der Waals surface area contributed by atoms with Crippen molar-refractivity contribution in [3.05, 3.63) is 29.3 Å². The summed E-state index contributed by atoms with van der Waals surface area (Å²) in [5, 5.41) is 12.0. The van der Waals surface area contributed by atoms with Gasteiger partial charge in [0, 0.05) is 18.4 Å². The number of aromatic hydroxyl groups is 1. The van der Waals surface area contributed by atoms with Crippen LogP contribution in [0.2, 0.25) is 0 Å². The molecule has 5 nitrogen and oxygen atoms in total. The summed E-state index contributed by atoms with van der Waals surface area (Å²) in [4.78, 5) is 11.9. The lowest BCUT2D eigenvalue weighted by Gasteiger charge is -2.22. The molecule has 0 aliphatic heterocycles. The lowest BCUT2D eigenvalue weighted by Crippen LogP contribution is -2.43. The Morgan fingerprint density at radius 2 is 1.95 bits per heavy atom. The standard InChI is InChI=1S/C13H19NO4S/c1-9-7-10(5-6-11(9)15)12(16)14-8-13(2,3)19(4,17)18/h5-7,15H,8H2,1-4H3,(H,14,16). The van der Waals surface area contributed by atoms with E-state index in [1.807, 2.05) is 0 Å². The average molecular weight is 285 g/mol. The SMILES string of the molecule is Cc1cc(C(=O)NCC(C)(C)S(C)(=O)=O)ccc1O. The largest absolute Gasteiger partial charge is 0.508 e. The van der Waals surface area contributed by atoms with Crippen molar-refractivity contribution in [2.24, 2.45) is 0 Å². The number of aryl methyl sites for hydroxylation is 1. The molecule has 0 saturated carbocycles. The van der Waals surface area contributed by atoms with E-state index in [0.717, 1.165) is 6.26 Å². The molecule has 0 saturated heterocycles. The second-order valence-corrected chi connectivity index (χ2v) is 7.87. The normalized spacial score (nSPS) is 12.2. The number of sulfone groups is 1. The minimum absolute atomic E-state index is 0.0323. The molecule has 1 aromatic carbocycles. The minimum atomic E-state index is -3.25. The number of phenols is 1. The van der Waals surface area contributed by atoms with E-state index in [2.05, 4.69) is 5.32 Å². The number of carbonyl (C=O) groups is 1. The molecule has 0 spiro atoms. The molecule has 0 aliphatic rings. The number of amides is 1. The first-order valence-electron chi connectivity index (χ1n) is 5.82. The number of hydrogen-bond donors (Lipinski definition) is 2. The van der Waals surface area contributed by atoms with E-state index in [1.165, 1.54) is 12.1 Å². The summed E-state index contributed by atoms with van der Waals surface area (Å²) in [6.45, 7) is 4.84. The molecule has 19 heavy (non-hydrogen) atoms. The molecular formula is C13H19NO4S. The zero-order valence-corrected chi connectivity index (χ0v) is 12.3. The van der Waals surface area contributed by atoms with Gasteiger partial charge in [0.25, 0.3) is 5.91 Å². The summed E-state index contributed by atoms with van der Waals surface area (Å²) >= 11 is 0. The van der Waals surface area contributed by atoms with Crippen molar-refractivity contribution < 1.29 is 18.3 Å². The molecule has 1 amide bonds. The second kappa shape index (κ2) is 5.21. The van der Waals surface area contributed by atoms with Crippen molar-refractivity contribution in [2.45, 2.75) is 25.5 Å². The quantitative estimate of drug-likeness (QED) is 0.872. The molecule has 0 bridgehead atoms. The molecule has 0 radical (unpaired) electrons. The molecule has 1 rings (SSSR count). The van der Waals surface area contributed by atoms with Crippen molar-refractivity contribution >= 4 is 15.7 Å². The Bertz CT molecular complexity index is 591. The summed E-state index contributed by atoms with van der Waals surface area (Å²) in [5.74, 6) is -0.243. The monoisotopic (exact) mass is 285 g/mol. The lowest BCUT2D eigenvalue weighted by molar-refractivity contribution is 0.0950. The molecule has 106 valence electrons. The van der Waals surface area contributed by atoms with E-state index in [4.69, 9.17) is 0 Å². The van der Waals surface area contributed by atoms with Crippen LogP contribution in [0.25, 0.3) is 0 Å². The van der Waals surface area contributed by atoms with Gasteiger partial charge in [-0.05, 0) is 44.5 Å². The third kappa shape index (κ3) is 3.70. The van der Waals surface area contributed by atoms with Crippen molar-refractivity contribution in [1.82, 2.24) is 5.32 Å². The molecule has 0 fully saturated rings. The number of nitrogens with one attached hydrogen (secondary N) is 1. The minimum Gasteiger partial charge on any atom is -0.508 e. The van der Waals surface area contributed by atoms with Crippen LogP contribution in [0.1, 0.15) is 29.8 Å². The first kappa shape index (κ1) is 15.5. The van der Waals surface area contributed by atoms with Crippen LogP contribution in [0.4, 0.5) is 0 Å². The molecular weight excluding hydrogens is 266 g/mol. The number of hydrogen-bond acceptors (Lipinski definition) is 4. The fourth-order valence-corrected chi connectivity index (χ4v) is 1.66. The van der Waals surface area contributed by atoms with Gasteiger partial charge in [-0.1, -0.05) is 0 Å². The summed E-state index contributed by atoms with van der Waals surface area (Å²) in [6, 6.07) is 4.48. The fraction of sp³-hybridized carbons (Fsp3) is 0.462. The highest BCUT2D eigenvalue weighted by Gasteiger charge is 2.30. The molecule has 6 heteroatoms. The maximum Gasteiger partial charge on any atom is 0.251 e. The topological polar surface area (TPSA) is 83.5 Å². The number of rotatable bonds is 4. The van der Waals surface area contributed by atoms with Gasteiger partial charge >= 0.3 is 0 Å².